The molecule has 0 bridgehead atoms. The van der Waals surface area contributed by atoms with Gasteiger partial charge in [-0.05, 0) is 36.6 Å². The Morgan fingerprint density at radius 1 is 1.10 bits per heavy atom. The zero-order valence-corrected chi connectivity index (χ0v) is 17.2. The van der Waals surface area contributed by atoms with Gasteiger partial charge in [-0.1, -0.05) is 44.2 Å². The molecule has 150 valence electrons. The largest absolute Gasteiger partial charge is 0.340 e. The van der Waals surface area contributed by atoms with Gasteiger partial charge in [-0.15, -0.1) is 11.3 Å². The molecule has 0 saturated heterocycles. The van der Waals surface area contributed by atoms with Gasteiger partial charge in [-0.3, -0.25) is 9.59 Å². The van der Waals surface area contributed by atoms with Crippen LogP contribution < -0.4 is 10.6 Å². The third kappa shape index (κ3) is 5.06. The minimum Gasteiger partial charge on any atom is -0.340 e. The number of thiazole rings is 1. The van der Waals surface area contributed by atoms with Crippen molar-refractivity contribution in [2.45, 2.75) is 26.8 Å². The number of anilines is 1. The summed E-state index contributed by atoms with van der Waals surface area (Å²) in [5.41, 5.74) is 2.59. The third-order valence-corrected chi connectivity index (χ3v) is 5.24. The molecule has 29 heavy (non-hydrogen) atoms. The molecule has 7 heteroatoms. The summed E-state index contributed by atoms with van der Waals surface area (Å²) >= 11 is 1.25. The zero-order valence-electron chi connectivity index (χ0n) is 16.4. The van der Waals surface area contributed by atoms with Gasteiger partial charge in [0, 0.05) is 16.5 Å². The molecule has 0 fully saturated rings. The number of hydrogen-bond acceptors (Lipinski definition) is 4. The van der Waals surface area contributed by atoms with Gasteiger partial charge in [0.15, 0.2) is 5.13 Å². The first kappa shape index (κ1) is 20.7. The topological polar surface area (TPSA) is 71.1 Å². The number of carbonyl (C=O) groups excluding carboxylic acids is 2. The number of rotatable bonds is 6. The second-order valence-corrected chi connectivity index (χ2v) is 7.91. The molecular formula is C22H22FN3O2S. The van der Waals surface area contributed by atoms with Gasteiger partial charge < -0.3 is 10.6 Å². The zero-order chi connectivity index (χ0) is 21.0. The van der Waals surface area contributed by atoms with Gasteiger partial charge in [-0.2, -0.15) is 0 Å². The summed E-state index contributed by atoms with van der Waals surface area (Å²) in [6, 6.07) is 12.6. The van der Waals surface area contributed by atoms with Gasteiger partial charge in [0.2, 0.25) is 5.91 Å². The van der Waals surface area contributed by atoms with Gasteiger partial charge in [-0.25, -0.2) is 9.37 Å². The highest BCUT2D eigenvalue weighted by Crippen LogP contribution is 2.25. The number of aryl methyl sites for hydroxylation is 1. The lowest BCUT2D eigenvalue weighted by molar-refractivity contribution is -0.118. The quantitative estimate of drug-likeness (QED) is 0.620. The minimum absolute atomic E-state index is 0.120. The number of hydrogen-bond donors (Lipinski definition) is 2. The molecule has 0 radical (unpaired) electrons. The number of benzene rings is 2. The Hall–Kier alpha value is -3.06. The van der Waals surface area contributed by atoms with E-state index >= 15 is 0 Å². The Morgan fingerprint density at radius 2 is 1.86 bits per heavy atom. The monoisotopic (exact) mass is 411 g/mol. The van der Waals surface area contributed by atoms with Crippen molar-refractivity contribution in [1.29, 1.82) is 0 Å². The van der Waals surface area contributed by atoms with Crippen molar-refractivity contribution in [2.75, 3.05) is 5.32 Å². The third-order valence-electron chi connectivity index (χ3n) is 4.48. The summed E-state index contributed by atoms with van der Waals surface area (Å²) in [6.45, 7) is 5.58. The number of aromatic nitrogens is 1. The number of carbonyl (C=O) groups is 2. The molecular weight excluding hydrogens is 389 g/mol. The molecule has 0 spiro atoms. The van der Waals surface area contributed by atoms with E-state index in [4.69, 9.17) is 0 Å². The van der Waals surface area contributed by atoms with E-state index in [1.807, 2.05) is 32.9 Å². The van der Waals surface area contributed by atoms with Crippen LogP contribution in [0.5, 0.6) is 0 Å². The van der Waals surface area contributed by atoms with Crippen LogP contribution >= 0.6 is 11.3 Å². The maximum Gasteiger partial charge on any atom is 0.252 e. The lowest BCUT2D eigenvalue weighted by Gasteiger charge is -2.21. The Labute approximate surface area is 173 Å². The standard InChI is InChI=1S/C22H22FN3O2S/c1-13(2)19(25-20(27)17-10-5-4-7-14(17)3)21(28)26-22-24-18(12-29-22)15-8-6-9-16(23)11-15/h4-13,19H,1-3H3,(H,25,27)(H,24,26,28). The summed E-state index contributed by atoms with van der Waals surface area (Å²) in [6.07, 6.45) is 0. The minimum atomic E-state index is -0.719. The summed E-state index contributed by atoms with van der Waals surface area (Å²) in [5.74, 6) is -1.11. The van der Waals surface area contributed by atoms with Gasteiger partial charge in [0.05, 0.1) is 5.69 Å². The predicted molar refractivity (Wildman–Crippen MR) is 113 cm³/mol. The average Bonchev–Trinajstić information content (AvgIpc) is 3.14. The molecule has 3 rings (SSSR count). The summed E-state index contributed by atoms with van der Waals surface area (Å²) in [5, 5.41) is 7.72. The number of halogens is 1. The fourth-order valence-corrected chi connectivity index (χ4v) is 3.60. The molecule has 3 aromatic rings. The predicted octanol–water partition coefficient (Wildman–Crippen LogP) is 4.65. The van der Waals surface area contributed by atoms with Crippen molar-refractivity contribution in [1.82, 2.24) is 10.3 Å². The molecule has 2 amide bonds. The van der Waals surface area contributed by atoms with Crippen molar-refractivity contribution >= 4 is 28.3 Å². The Kier molecular flexibility index (Phi) is 6.39. The van der Waals surface area contributed by atoms with Gasteiger partial charge >= 0.3 is 0 Å². The molecule has 1 unspecified atom stereocenters. The maximum absolute atomic E-state index is 13.4. The molecule has 1 aromatic heterocycles. The first-order valence-electron chi connectivity index (χ1n) is 9.24. The fourth-order valence-electron chi connectivity index (χ4n) is 2.88. The Balaban J connectivity index is 1.72. The first-order chi connectivity index (χ1) is 13.8. The number of nitrogens with one attached hydrogen (secondary N) is 2. The van der Waals surface area contributed by atoms with E-state index in [2.05, 4.69) is 15.6 Å². The van der Waals surface area contributed by atoms with Crippen LogP contribution in [0.4, 0.5) is 9.52 Å². The van der Waals surface area contributed by atoms with E-state index in [-0.39, 0.29) is 23.5 Å². The van der Waals surface area contributed by atoms with Crippen molar-refractivity contribution in [3.05, 3.63) is 70.9 Å². The van der Waals surface area contributed by atoms with Crippen molar-refractivity contribution < 1.29 is 14.0 Å². The molecule has 2 N–H and O–H groups in total. The Morgan fingerprint density at radius 3 is 2.55 bits per heavy atom. The SMILES string of the molecule is Cc1ccccc1C(=O)NC(C(=O)Nc1nc(-c2cccc(F)c2)cs1)C(C)C. The Bertz CT molecular complexity index is 1030. The van der Waals surface area contributed by atoms with Crippen LogP contribution in [0.25, 0.3) is 11.3 Å². The van der Waals surface area contributed by atoms with Crippen LogP contribution in [-0.2, 0) is 4.79 Å². The highest BCUT2D eigenvalue weighted by Gasteiger charge is 2.26. The molecule has 0 aliphatic rings. The molecule has 1 atom stereocenters. The molecule has 0 saturated carbocycles. The van der Waals surface area contributed by atoms with Gasteiger partial charge in [0.25, 0.3) is 5.91 Å². The number of nitrogens with zero attached hydrogens (tertiary/aromatic N) is 1. The van der Waals surface area contributed by atoms with E-state index in [9.17, 15) is 14.0 Å². The lowest BCUT2D eigenvalue weighted by Crippen LogP contribution is -2.47. The highest BCUT2D eigenvalue weighted by molar-refractivity contribution is 7.14. The second-order valence-electron chi connectivity index (χ2n) is 7.05. The summed E-state index contributed by atoms with van der Waals surface area (Å²) < 4.78 is 13.4. The van der Waals surface area contributed by atoms with Gasteiger partial charge in [0.1, 0.15) is 11.9 Å². The smallest absolute Gasteiger partial charge is 0.252 e. The van der Waals surface area contributed by atoms with Crippen molar-refractivity contribution in [3.63, 3.8) is 0 Å². The van der Waals surface area contributed by atoms with E-state index in [0.717, 1.165) is 5.56 Å². The van der Waals surface area contributed by atoms with Crippen LogP contribution in [0.2, 0.25) is 0 Å². The fraction of sp³-hybridized carbons (Fsp3) is 0.227. The average molecular weight is 412 g/mol. The van der Waals surface area contributed by atoms with E-state index in [0.29, 0.717) is 22.0 Å². The van der Waals surface area contributed by atoms with E-state index in [1.54, 1.807) is 29.6 Å². The lowest BCUT2D eigenvalue weighted by atomic mass is 10.0. The molecule has 2 aromatic carbocycles. The normalized spacial score (nSPS) is 11.9. The molecule has 1 heterocycles. The highest BCUT2D eigenvalue weighted by atomic mass is 32.1. The van der Waals surface area contributed by atoms with Crippen LogP contribution in [0.1, 0.15) is 29.8 Å². The summed E-state index contributed by atoms with van der Waals surface area (Å²) in [4.78, 5) is 29.8. The van der Waals surface area contributed by atoms with Crippen LogP contribution in [0, 0.1) is 18.7 Å². The van der Waals surface area contributed by atoms with Crippen molar-refractivity contribution in [3.8, 4) is 11.3 Å². The first-order valence-corrected chi connectivity index (χ1v) is 10.1. The molecule has 0 aliphatic heterocycles. The van der Waals surface area contributed by atoms with Crippen molar-refractivity contribution in [2.24, 2.45) is 5.92 Å². The van der Waals surface area contributed by atoms with Crippen LogP contribution in [0.3, 0.4) is 0 Å². The van der Waals surface area contributed by atoms with E-state index < -0.39 is 6.04 Å². The maximum atomic E-state index is 13.4. The van der Waals surface area contributed by atoms with Crippen LogP contribution in [-0.4, -0.2) is 22.8 Å². The molecule has 0 aliphatic carbocycles. The second kappa shape index (κ2) is 8.96. The van der Waals surface area contributed by atoms with Crippen LogP contribution in [0.15, 0.2) is 53.9 Å². The molecule has 5 nitrogen and oxygen atoms in total. The summed E-state index contributed by atoms with van der Waals surface area (Å²) in [7, 11) is 0. The van der Waals surface area contributed by atoms with E-state index in [1.165, 1.54) is 23.5 Å². The number of amides is 2.